The Hall–Kier alpha value is -3.68. The number of anilines is 2. The molecule has 0 bridgehead atoms. The third-order valence-corrected chi connectivity index (χ3v) is 4.60. The number of nitrogens with two attached hydrogens (primary N) is 1. The second kappa shape index (κ2) is 7.51. The van der Waals surface area contributed by atoms with Crippen LogP contribution in [0.5, 0.6) is 0 Å². The highest BCUT2D eigenvalue weighted by molar-refractivity contribution is 6.03. The van der Waals surface area contributed by atoms with Crippen LogP contribution in [-0.4, -0.2) is 38.0 Å². The van der Waals surface area contributed by atoms with Gasteiger partial charge in [-0.1, -0.05) is 18.2 Å². The minimum Gasteiger partial charge on any atom is -0.384 e. The predicted molar refractivity (Wildman–Crippen MR) is 105 cm³/mol. The van der Waals surface area contributed by atoms with Crippen LogP contribution in [0.3, 0.4) is 0 Å². The van der Waals surface area contributed by atoms with Crippen molar-refractivity contribution in [2.45, 2.75) is 19.5 Å². The Labute approximate surface area is 162 Å². The first-order valence-corrected chi connectivity index (χ1v) is 9.04. The molecule has 1 aromatic carbocycles. The molecule has 0 saturated heterocycles. The minimum absolute atomic E-state index is 0.113. The van der Waals surface area contributed by atoms with Crippen molar-refractivity contribution in [1.29, 1.82) is 0 Å². The van der Waals surface area contributed by atoms with Gasteiger partial charge >= 0.3 is 0 Å². The fraction of sp³-hybridized carbons (Fsp3) is 0.200. The molecule has 1 aliphatic heterocycles. The summed E-state index contributed by atoms with van der Waals surface area (Å²) in [5, 5.41) is 7.26. The van der Waals surface area contributed by atoms with Crippen molar-refractivity contribution >= 4 is 23.3 Å². The van der Waals surface area contributed by atoms with Crippen LogP contribution in [-0.2, 0) is 13.1 Å². The summed E-state index contributed by atoms with van der Waals surface area (Å²) in [5.74, 6) is -0.00983. The molecule has 0 radical (unpaired) electrons. The average Bonchev–Trinajstić information content (AvgIpc) is 3.00. The lowest BCUT2D eigenvalue weighted by Crippen LogP contribution is -2.30. The highest BCUT2D eigenvalue weighted by atomic mass is 16.2. The lowest BCUT2D eigenvalue weighted by molar-refractivity contribution is 0.0745. The largest absolute Gasteiger partial charge is 0.384 e. The second-order valence-electron chi connectivity index (χ2n) is 6.62. The number of benzene rings is 1. The van der Waals surface area contributed by atoms with Crippen LogP contribution in [0.25, 0.3) is 0 Å². The molecule has 3 N–H and O–H groups in total. The third kappa shape index (κ3) is 3.71. The number of para-hydroxylation sites is 1. The predicted octanol–water partition coefficient (Wildman–Crippen LogP) is 2.16. The van der Waals surface area contributed by atoms with Gasteiger partial charge in [0, 0.05) is 25.0 Å². The SMILES string of the molecule is Nc1ccc(C(=O)N2CCCn3nc(C(=O)Nc4ccccc4)cc3C2)cn1. The van der Waals surface area contributed by atoms with E-state index in [1.54, 1.807) is 27.8 Å². The van der Waals surface area contributed by atoms with Crippen LogP contribution in [0, 0.1) is 0 Å². The molecule has 8 heteroatoms. The van der Waals surface area contributed by atoms with E-state index >= 15 is 0 Å². The number of aryl methyl sites for hydroxylation is 1. The van der Waals surface area contributed by atoms with Gasteiger partial charge in [0.15, 0.2) is 5.69 Å². The van der Waals surface area contributed by atoms with E-state index < -0.39 is 0 Å². The standard InChI is InChI=1S/C20H20N6O2/c21-18-8-7-14(12-22-18)20(28)25-9-4-10-26-16(13-25)11-17(24-26)19(27)23-15-5-2-1-3-6-15/h1-3,5-8,11-12H,4,9-10,13H2,(H2,21,22)(H,23,27). The zero-order chi connectivity index (χ0) is 19.5. The van der Waals surface area contributed by atoms with E-state index in [-0.39, 0.29) is 11.8 Å². The molecular weight excluding hydrogens is 356 g/mol. The van der Waals surface area contributed by atoms with Gasteiger partial charge in [-0.15, -0.1) is 0 Å². The molecule has 3 aromatic rings. The maximum Gasteiger partial charge on any atom is 0.276 e. The molecule has 3 heterocycles. The van der Waals surface area contributed by atoms with Crippen molar-refractivity contribution in [3.63, 3.8) is 0 Å². The van der Waals surface area contributed by atoms with Crippen molar-refractivity contribution in [2.24, 2.45) is 0 Å². The Morgan fingerprint density at radius 1 is 1.07 bits per heavy atom. The number of hydrogen-bond acceptors (Lipinski definition) is 5. The van der Waals surface area contributed by atoms with Gasteiger partial charge in [-0.2, -0.15) is 5.10 Å². The van der Waals surface area contributed by atoms with Crippen LogP contribution in [0.1, 0.15) is 33.0 Å². The fourth-order valence-electron chi connectivity index (χ4n) is 3.18. The monoisotopic (exact) mass is 376 g/mol. The summed E-state index contributed by atoms with van der Waals surface area (Å²) in [6.45, 7) is 1.64. The summed E-state index contributed by atoms with van der Waals surface area (Å²) in [4.78, 5) is 31.0. The van der Waals surface area contributed by atoms with Gasteiger partial charge in [-0.25, -0.2) is 4.98 Å². The van der Waals surface area contributed by atoms with Gasteiger partial charge < -0.3 is 16.0 Å². The molecule has 142 valence electrons. The zero-order valence-electron chi connectivity index (χ0n) is 15.2. The Bertz CT molecular complexity index is 997. The average molecular weight is 376 g/mol. The number of pyridine rings is 1. The molecule has 2 amide bonds. The first-order chi connectivity index (χ1) is 13.6. The van der Waals surface area contributed by atoms with Crippen molar-refractivity contribution in [3.05, 3.63) is 71.7 Å². The first-order valence-electron chi connectivity index (χ1n) is 9.04. The highest BCUT2D eigenvalue weighted by Gasteiger charge is 2.23. The number of rotatable bonds is 3. The normalized spacial score (nSPS) is 13.5. The van der Waals surface area contributed by atoms with Gasteiger partial charge in [0.2, 0.25) is 0 Å². The van der Waals surface area contributed by atoms with Gasteiger partial charge in [-0.3, -0.25) is 14.3 Å². The zero-order valence-corrected chi connectivity index (χ0v) is 15.2. The molecule has 2 aromatic heterocycles. The number of fused-ring (bicyclic) bond motifs is 1. The fourth-order valence-corrected chi connectivity index (χ4v) is 3.18. The van der Waals surface area contributed by atoms with Gasteiger partial charge in [0.25, 0.3) is 11.8 Å². The van der Waals surface area contributed by atoms with Crippen molar-refractivity contribution in [2.75, 3.05) is 17.6 Å². The number of hydrogen-bond donors (Lipinski definition) is 2. The molecule has 0 saturated carbocycles. The Morgan fingerprint density at radius 3 is 2.64 bits per heavy atom. The summed E-state index contributed by atoms with van der Waals surface area (Å²) in [5.41, 5.74) is 7.96. The van der Waals surface area contributed by atoms with E-state index in [4.69, 9.17) is 5.73 Å². The van der Waals surface area contributed by atoms with Crippen LogP contribution in [0.2, 0.25) is 0 Å². The van der Waals surface area contributed by atoms with Crippen LogP contribution < -0.4 is 11.1 Å². The molecule has 0 unspecified atom stereocenters. The van der Waals surface area contributed by atoms with E-state index in [1.807, 2.05) is 30.3 Å². The van der Waals surface area contributed by atoms with E-state index in [0.29, 0.717) is 42.4 Å². The number of amides is 2. The first kappa shape index (κ1) is 17.7. The minimum atomic E-state index is -0.271. The molecule has 1 aliphatic rings. The van der Waals surface area contributed by atoms with Crippen LogP contribution in [0.15, 0.2) is 54.7 Å². The summed E-state index contributed by atoms with van der Waals surface area (Å²) < 4.78 is 1.80. The number of carbonyl (C=O) groups is 2. The van der Waals surface area contributed by atoms with Gasteiger partial charge in [0.1, 0.15) is 5.82 Å². The van der Waals surface area contributed by atoms with Crippen LogP contribution >= 0.6 is 0 Å². The summed E-state index contributed by atoms with van der Waals surface area (Å²) in [7, 11) is 0. The highest BCUT2D eigenvalue weighted by Crippen LogP contribution is 2.17. The van der Waals surface area contributed by atoms with Gasteiger partial charge in [0.05, 0.1) is 17.8 Å². The molecule has 8 nitrogen and oxygen atoms in total. The smallest absolute Gasteiger partial charge is 0.276 e. The van der Waals surface area contributed by atoms with E-state index in [9.17, 15) is 9.59 Å². The molecule has 0 fully saturated rings. The topological polar surface area (TPSA) is 106 Å². The van der Waals surface area contributed by atoms with Crippen molar-refractivity contribution in [1.82, 2.24) is 19.7 Å². The Morgan fingerprint density at radius 2 is 1.89 bits per heavy atom. The second-order valence-corrected chi connectivity index (χ2v) is 6.62. The number of nitrogen functional groups attached to an aromatic ring is 1. The Balaban J connectivity index is 1.51. The summed E-state index contributed by atoms with van der Waals surface area (Å²) in [6, 6.07) is 14.3. The maximum atomic E-state index is 12.8. The maximum absolute atomic E-state index is 12.8. The van der Waals surface area contributed by atoms with Crippen molar-refractivity contribution in [3.8, 4) is 0 Å². The summed E-state index contributed by atoms with van der Waals surface area (Å²) >= 11 is 0. The number of nitrogens with zero attached hydrogens (tertiary/aromatic N) is 4. The van der Waals surface area contributed by atoms with Gasteiger partial charge in [-0.05, 0) is 36.8 Å². The molecule has 0 spiro atoms. The lowest BCUT2D eigenvalue weighted by atomic mass is 10.2. The van der Waals surface area contributed by atoms with Crippen molar-refractivity contribution < 1.29 is 9.59 Å². The quantitative estimate of drug-likeness (QED) is 0.729. The number of carbonyl (C=O) groups excluding carboxylic acids is 2. The number of nitrogens with one attached hydrogen (secondary N) is 1. The molecular formula is C20H20N6O2. The molecule has 4 rings (SSSR count). The van der Waals surface area contributed by atoms with E-state index in [2.05, 4.69) is 15.4 Å². The Kier molecular flexibility index (Phi) is 4.76. The molecule has 0 atom stereocenters. The van der Waals surface area contributed by atoms with Crippen LogP contribution in [0.4, 0.5) is 11.5 Å². The molecule has 0 aliphatic carbocycles. The van der Waals surface area contributed by atoms with E-state index in [1.165, 1.54) is 6.20 Å². The van der Waals surface area contributed by atoms with E-state index in [0.717, 1.165) is 12.1 Å². The third-order valence-electron chi connectivity index (χ3n) is 4.60. The lowest BCUT2D eigenvalue weighted by Gasteiger charge is -2.19. The molecule has 28 heavy (non-hydrogen) atoms. The number of aromatic nitrogens is 3. The summed E-state index contributed by atoms with van der Waals surface area (Å²) in [6.07, 6.45) is 2.24.